The molecule has 0 aromatic heterocycles. The summed E-state index contributed by atoms with van der Waals surface area (Å²) < 4.78 is 48.1. The Morgan fingerprint density at radius 1 is 0.415 bits per heavy atom. The van der Waals surface area contributed by atoms with E-state index in [1.165, 1.54) is 0 Å². The average Bonchev–Trinajstić information content (AvgIpc) is 3.17. The fraction of sp³-hybridized carbons (Fsp3) is 0.487. The number of alkyl halides is 3. The standard InChI is InChI=1S/C39H49Cl3O11/c40-39(41,42)36(43)32-37(44)52-30-28-50-26-24-48-22-20-46-18-16-45-17-19-47-21-23-49-25-27-51-29-31-53-38(33-10-4-1-5-11-33,34-12-6-2-7-13-34)35-14-8-3-9-15-35/h1-15H,16-32H2. The van der Waals surface area contributed by atoms with Crippen LogP contribution in [0.4, 0.5) is 0 Å². The molecule has 3 rings (SSSR count). The Morgan fingerprint density at radius 3 is 1.00 bits per heavy atom. The first kappa shape index (κ1) is 44.7. The highest BCUT2D eigenvalue weighted by atomic mass is 35.6. The minimum atomic E-state index is -2.14. The van der Waals surface area contributed by atoms with Crippen LogP contribution in [0.25, 0.3) is 0 Å². The molecule has 0 aliphatic heterocycles. The van der Waals surface area contributed by atoms with Crippen LogP contribution in [0.5, 0.6) is 0 Å². The van der Waals surface area contributed by atoms with Gasteiger partial charge in [0.15, 0.2) is 5.78 Å². The number of hydrogen-bond acceptors (Lipinski definition) is 11. The van der Waals surface area contributed by atoms with Gasteiger partial charge in [0.05, 0.1) is 99.1 Å². The summed E-state index contributed by atoms with van der Waals surface area (Å²) in [6.45, 7) is 6.04. The first-order valence-electron chi connectivity index (χ1n) is 17.4. The fourth-order valence-corrected chi connectivity index (χ4v) is 5.14. The number of esters is 1. The van der Waals surface area contributed by atoms with Crippen molar-refractivity contribution in [2.45, 2.75) is 15.8 Å². The molecule has 0 aliphatic carbocycles. The molecule has 0 spiro atoms. The number of ketones is 1. The monoisotopic (exact) mass is 798 g/mol. The molecule has 0 unspecified atom stereocenters. The Balaban J connectivity index is 1.11. The molecule has 0 N–H and O–H groups in total. The van der Waals surface area contributed by atoms with Crippen molar-refractivity contribution in [3.8, 4) is 0 Å². The third-order valence-electron chi connectivity index (χ3n) is 7.43. The van der Waals surface area contributed by atoms with Crippen molar-refractivity contribution in [2.75, 3.05) is 106 Å². The highest BCUT2D eigenvalue weighted by molar-refractivity contribution is 6.76. The number of halogens is 3. The first-order valence-corrected chi connectivity index (χ1v) is 18.6. The summed E-state index contributed by atoms with van der Waals surface area (Å²) in [7, 11) is 0. The van der Waals surface area contributed by atoms with Crippen molar-refractivity contribution in [3.05, 3.63) is 108 Å². The van der Waals surface area contributed by atoms with Crippen LogP contribution in [0.2, 0.25) is 0 Å². The van der Waals surface area contributed by atoms with Crippen LogP contribution >= 0.6 is 34.8 Å². The van der Waals surface area contributed by atoms with E-state index in [1.54, 1.807) is 0 Å². The molecule has 14 heteroatoms. The Kier molecular flexibility index (Phi) is 22.8. The lowest BCUT2D eigenvalue weighted by molar-refractivity contribution is -0.147. The minimum absolute atomic E-state index is 0.0241. The third kappa shape index (κ3) is 18.0. The summed E-state index contributed by atoms with van der Waals surface area (Å²) >= 11 is 16.2. The second-order valence-electron chi connectivity index (χ2n) is 11.2. The summed E-state index contributed by atoms with van der Waals surface area (Å²) in [6.07, 6.45) is -0.618. The third-order valence-corrected chi connectivity index (χ3v) is 8.06. The average molecular weight is 800 g/mol. The van der Waals surface area contributed by atoms with E-state index in [9.17, 15) is 9.59 Å². The molecule has 0 radical (unpaired) electrons. The topological polar surface area (TPSA) is 117 Å². The quantitative estimate of drug-likeness (QED) is 0.0261. The largest absolute Gasteiger partial charge is 0.463 e. The fourth-order valence-electron chi connectivity index (χ4n) is 4.94. The highest BCUT2D eigenvalue weighted by Gasteiger charge is 2.37. The lowest BCUT2D eigenvalue weighted by Crippen LogP contribution is -2.34. The van der Waals surface area contributed by atoms with Crippen molar-refractivity contribution in [2.24, 2.45) is 0 Å². The van der Waals surface area contributed by atoms with Gasteiger partial charge in [-0.2, -0.15) is 0 Å². The molecule has 3 aromatic carbocycles. The van der Waals surface area contributed by atoms with Crippen LogP contribution in [-0.4, -0.2) is 121 Å². The molecule has 292 valence electrons. The molecule has 0 saturated heterocycles. The molecule has 3 aromatic rings. The smallest absolute Gasteiger partial charge is 0.313 e. The molecule has 0 bridgehead atoms. The molecule has 0 heterocycles. The Labute approximate surface area is 326 Å². The second-order valence-corrected chi connectivity index (χ2v) is 13.5. The van der Waals surface area contributed by atoms with Crippen LogP contribution < -0.4 is 0 Å². The number of ether oxygens (including phenoxy) is 9. The predicted octanol–water partition coefficient (Wildman–Crippen LogP) is 5.98. The summed E-state index contributed by atoms with van der Waals surface area (Å²) in [5.41, 5.74) is 2.39. The summed E-state index contributed by atoms with van der Waals surface area (Å²) in [5, 5.41) is 0. The van der Waals surface area contributed by atoms with E-state index >= 15 is 0 Å². The van der Waals surface area contributed by atoms with Crippen LogP contribution in [-0.2, 0) is 57.8 Å². The van der Waals surface area contributed by atoms with Gasteiger partial charge in [0.1, 0.15) is 18.6 Å². The number of hydrogen-bond donors (Lipinski definition) is 0. The van der Waals surface area contributed by atoms with Gasteiger partial charge in [-0.25, -0.2) is 0 Å². The SMILES string of the molecule is O=C(CC(=O)C(Cl)(Cl)Cl)OCCOCCOCCOCCOCCOCCOCCOCCOC(c1ccccc1)(c1ccccc1)c1ccccc1. The lowest BCUT2D eigenvalue weighted by Gasteiger charge is -2.36. The maximum Gasteiger partial charge on any atom is 0.313 e. The minimum Gasteiger partial charge on any atom is -0.463 e. The molecule has 53 heavy (non-hydrogen) atoms. The number of carbonyl (C=O) groups excluding carboxylic acids is 2. The van der Waals surface area contributed by atoms with E-state index in [0.717, 1.165) is 16.7 Å². The van der Waals surface area contributed by atoms with E-state index in [0.29, 0.717) is 92.5 Å². The van der Waals surface area contributed by atoms with Crippen molar-refractivity contribution in [1.29, 1.82) is 0 Å². The molecule has 11 nitrogen and oxygen atoms in total. The molecule has 0 atom stereocenters. The maximum atomic E-state index is 11.5. The van der Waals surface area contributed by atoms with Crippen LogP contribution in [0, 0.1) is 0 Å². The molecular weight excluding hydrogens is 751 g/mol. The molecule has 0 amide bonds. The van der Waals surface area contributed by atoms with Crippen molar-refractivity contribution >= 4 is 46.6 Å². The van der Waals surface area contributed by atoms with Gasteiger partial charge in [0, 0.05) is 0 Å². The van der Waals surface area contributed by atoms with Gasteiger partial charge < -0.3 is 42.6 Å². The van der Waals surface area contributed by atoms with E-state index < -0.39 is 27.6 Å². The van der Waals surface area contributed by atoms with Gasteiger partial charge in [-0.05, 0) is 16.7 Å². The van der Waals surface area contributed by atoms with Crippen LogP contribution in [0.3, 0.4) is 0 Å². The molecule has 0 saturated carbocycles. The van der Waals surface area contributed by atoms with Gasteiger partial charge in [-0.1, -0.05) is 126 Å². The van der Waals surface area contributed by atoms with Gasteiger partial charge in [0.25, 0.3) is 0 Å². The predicted molar refractivity (Wildman–Crippen MR) is 202 cm³/mol. The summed E-state index contributed by atoms with van der Waals surface area (Å²) in [4.78, 5) is 22.9. The highest BCUT2D eigenvalue weighted by Crippen LogP contribution is 2.40. The Morgan fingerprint density at radius 2 is 0.698 bits per heavy atom. The van der Waals surface area contributed by atoms with Gasteiger partial charge in [0.2, 0.25) is 3.79 Å². The van der Waals surface area contributed by atoms with E-state index in [2.05, 4.69) is 36.4 Å². The number of rotatable bonds is 30. The van der Waals surface area contributed by atoms with Gasteiger partial charge >= 0.3 is 5.97 Å². The Hall–Kier alpha value is -2.65. The molecule has 0 aliphatic rings. The van der Waals surface area contributed by atoms with Crippen molar-refractivity contribution < 1.29 is 52.2 Å². The Bertz CT molecular complexity index is 1280. The first-order chi connectivity index (χ1) is 25.8. The number of carbonyl (C=O) groups is 2. The number of benzene rings is 3. The van der Waals surface area contributed by atoms with E-state index in [4.69, 9.17) is 77.4 Å². The lowest BCUT2D eigenvalue weighted by atomic mass is 9.80. The van der Waals surface area contributed by atoms with Gasteiger partial charge in [-0.3, -0.25) is 9.59 Å². The summed E-state index contributed by atoms with van der Waals surface area (Å²) in [5.74, 6) is -1.64. The van der Waals surface area contributed by atoms with Crippen LogP contribution in [0.15, 0.2) is 91.0 Å². The second kappa shape index (κ2) is 27.0. The zero-order valence-electron chi connectivity index (χ0n) is 29.8. The zero-order valence-corrected chi connectivity index (χ0v) is 32.1. The van der Waals surface area contributed by atoms with E-state index in [1.807, 2.05) is 54.6 Å². The van der Waals surface area contributed by atoms with E-state index in [-0.39, 0.29) is 13.2 Å². The van der Waals surface area contributed by atoms with Crippen molar-refractivity contribution in [1.82, 2.24) is 0 Å². The zero-order chi connectivity index (χ0) is 37.9. The molecule has 0 fully saturated rings. The van der Waals surface area contributed by atoms with Gasteiger partial charge in [-0.15, -0.1) is 0 Å². The maximum absolute atomic E-state index is 11.5. The normalized spacial score (nSPS) is 11.8. The summed E-state index contributed by atoms with van der Waals surface area (Å²) in [6, 6.07) is 30.8. The molecular formula is C39H49Cl3O11. The van der Waals surface area contributed by atoms with Crippen molar-refractivity contribution in [3.63, 3.8) is 0 Å². The number of Topliss-reactive ketones (excluding diaryl/α,β-unsaturated/α-hetero) is 1. The van der Waals surface area contributed by atoms with Crippen LogP contribution in [0.1, 0.15) is 23.1 Å².